The molecule has 25 heavy (non-hydrogen) atoms. The Morgan fingerprint density at radius 2 is 1.52 bits per heavy atom. The Balaban J connectivity index is 1.55. The van der Waals surface area contributed by atoms with E-state index < -0.39 is 15.8 Å². The molecule has 134 valence electrons. The smallest absolute Gasteiger partial charge is 0.0826 e. The van der Waals surface area contributed by atoms with Gasteiger partial charge < -0.3 is 14.0 Å². The first kappa shape index (κ1) is 18.3. The van der Waals surface area contributed by atoms with Gasteiger partial charge in [0, 0.05) is 4.75 Å². The molecule has 5 heteroatoms. The van der Waals surface area contributed by atoms with Gasteiger partial charge in [0.25, 0.3) is 0 Å². The minimum atomic E-state index is -2.06. The topological polar surface area (TPSA) is 58.6 Å². The summed E-state index contributed by atoms with van der Waals surface area (Å²) < 4.78 is 34.2. The second kappa shape index (κ2) is 8.72. The van der Waals surface area contributed by atoms with Crippen molar-refractivity contribution in [2.45, 2.75) is 43.3 Å². The van der Waals surface area contributed by atoms with E-state index in [4.69, 9.17) is 9.47 Å². The quantitative estimate of drug-likeness (QED) is 0.608. The fraction of sp³-hybridized carbons (Fsp3) is 0.400. The highest BCUT2D eigenvalue weighted by molar-refractivity contribution is 7.81. The molecule has 2 aromatic rings. The van der Waals surface area contributed by atoms with E-state index >= 15 is 0 Å². The molecule has 0 saturated heterocycles. The fourth-order valence-corrected chi connectivity index (χ4v) is 3.59. The maximum Gasteiger partial charge on any atom is 0.0826 e. The van der Waals surface area contributed by atoms with E-state index in [-0.39, 0.29) is 6.10 Å². The van der Waals surface area contributed by atoms with Gasteiger partial charge in [-0.15, -0.1) is 0 Å². The lowest BCUT2D eigenvalue weighted by Crippen LogP contribution is -2.29. The summed E-state index contributed by atoms with van der Waals surface area (Å²) in [4.78, 5) is 0. The van der Waals surface area contributed by atoms with Gasteiger partial charge in [-0.05, 0) is 41.5 Å². The van der Waals surface area contributed by atoms with Gasteiger partial charge in [-0.1, -0.05) is 60.7 Å². The molecule has 0 N–H and O–H groups in total. The zero-order chi connectivity index (χ0) is 17.5. The molecule has 2 aromatic carbocycles. The predicted molar refractivity (Wildman–Crippen MR) is 96.6 cm³/mol. The molecule has 0 aliphatic heterocycles. The van der Waals surface area contributed by atoms with Crippen LogP contribution in [0.15, 0.2) is 60.7 Å². The van der Waals surface area contributed by atoms with Gasteiger partial charge in [0.2, 0.25) is 0 Å². The van der Waals surface area contributed by atoms with Crippen molar-refractivity contribution in [2.75, 3.05) is 6.61 Å². The lowest BCUT2D eigenvalue weighted by atomic mass is 10.1. The van der Waals surface area contributed by atoms with E-state index in [0.29, 0.717) is 39.1 Å². The molecule has 0 spiro atoms. The number of ether oxygens (including phenoxy) is 2. The summed E-state index contributed by atoms with van der Waals surface area (Å²) in [5.41, 5.74) is 2.17. The largest absolute Gasteiger partial charge is 0.772 e. The third kappa shape index (κ3) is 5.47. The van der Waals surface area contributed by atoms with Gasteiger partial charge in [0.1, 0.15) is 0 Å². The second-order valence-corrected chi connectivity index (χ2v) is 7.88. The summed E-state index contributed by atoms with van der Waals surface area (Å²) in [7, 11) is 0. The van der Waals surface area contributed by atoms with Gasteiger partial charge in [-0.3, -0.25) is 4.21 Å². The average Bonchev–Trinajstić information content (AvgIpc) is 3.42. The van der Waals surface area contributed by atoms with Crippen molar-refractivity contribution < 1.29 is 18.2 Å². The summed E-state index contributed by atoms with van der Waals surface area (Å²) in [6.07, 6.45) is 1.69. The van der Waals surface area contributed by atoms with Crippen LogP contribution < -0.4 is 0 Å². The van der Waals surface area contributed by atoms with Crippen LogP contribution in [0.25, 0.3) is 0 Å². The average molecular weight is 359 g/mol. The number of benzene rings is 2. The van der Waals surface area contributed by atoms with E-state index in [1.807, 2.05) is 60.7 Å². The monoisotopic (exact) mass is 359 g/mol. The summed E-state index contributed by atoms with van der Waals surface area (Å²) >= 11 is -2.06. The molecule has 0 heterocycles. The van der Waals surface area contributed by atoms with Crippen molar-refractivity contribution in [1.29, 1.82) is 0 Å². The molecule has 2 unspecified atom stereocenters. The van der Waals surface area contributed by atoms with Crippen LogP contribution in [0.5, 0.6) is 0 Å². The molecular weight excluding hydrogens is 336 g/mol. The fourth-order valence-electron chi connectivity index (χ4n) is 2.83. The summed E-state index contributed by atoms with van der Waals surface area (Å²) in [5.74, 6) is 0. The Hall–Kier alpha value is -1.53. The van der Waals surface area contributed by atoms with Crippen LogP contribution >= 0.6 is 0 Å². The molecule has 0 amide bonds. The van der Waals surface area contributed by atoms with Crippen LogP contribution in [-0.2, 0) is 33.8 Å². The molecule has 0 bridgehead atoms. The van der Waals surface area contributed by atoms with Crippen LogP contribution in [0, 0.1) is 0 Å². The Morgan fingerprint density at radius 3 is 2.04 bits per heavy atom. The van der Waals surface area contributed by atoms with Gasteiger partial charge >= 0.3 is 0 Å². The molecule has 1 aliphatic carbocycles. The Morgan fingerprint density at radius 1 is 0.960 bits per heavy atom. The molecule has 0 aromatic heterocycles. The van der Waals surface area contributed by atoms with Gasteiger partial charge in [0.05, 0.1) is 25.9 Å². The molecule has 2 atom stereocenters. The van der Waals surface area contributed by atoms with E-state index in [1.165, 1.54) is 0 Å². The minimum absolute atomic E-state index is 0.232. The summed E-state index contributed by atoms with van der Waals surface area (Å²) in [5, 5.41) is 0. The molecule has 0 radical (unpaired) electrons. The van der Waals surface area contributed by atoms with E-state index in [2.05, 4.69) is 0 Å². The number of rotatable bonds is 10. The van der Waals surface area contributed by atoms with Crippen molar-refractivity contribution in [3.63, 3.8) is 0 Å². The van der Waals surface area contributed by atoms with Crippen molar-refractivity contribution in [3.05, 3.63) is 71.8 Å². The standard InChI is InChI=1S/C20H24O4S/c21-25(22)20(11-12-20)13-19(24-15-18-9-5-2-6-10-18)16-23-14-17-7-3-1-4-8-17/h1-10,19H,11-16H2,(H,21,22)/p-1. The van der Waals surface area contributed by atoms with Crippen molar-refractivity contribution >= 4 is 11.1 Å². The highest BCUT2D eigenvalue weighted by atomic mass is 32.2. The third-order valence-corrected chi connectivity index (χ3v) is 5.79. The highest BCUT2D eigenvalue weighted by Crippen LogP contribution is 2.45. The molecular formula is C20H23O4S-. The lowest BCUT2D eigenvalue weighted by molar-refractivity contribution is -0.0345. The van der Waals surface area contributed by atoms with Crippen LogP contribution in [0.1, 0.15) is 30.4 Å². The van der Waals surface area contributed by atoms with Crippen molar-refractivity contribution in [1.82, 2.24) is 0 Å². The first-order chi connectivity index (χ1) is 12.2. The SMILES string of the molecule is O=S([O-])C1(CC(COCc2ccccc2)OCc2ccccc2)CC1. The highest BCUT2D eigenvalue weighted by Gasteiger charge is 2.46. The minimum Gasteiger partial charge on any atom is -0.772 e. The lowest BCUT2D eigenvalue weighted by Gasteiger charge is -2.25. The van der Waals surface area contributed by atoms with E-state index in [9.17, 15) is 8.76 Å². The van der Waals surface area contributed by atoms with Crippen molar-refractivity contribution in [2.24, 2.45) is 0 Å². The predicted octanol–water partition coefficient (Wildman–Crippen LogP) is 3.59. The van der Waals surface area contributed by atoms with Crippen LogP contribution in [0.3, 0.4) is 0 Å². The third-order valence-electron chi connectivity index (χ3n) is 4.50. The molecule has 1 saturated carbocycles. The van der Waals surface area contributed by atoms with E-state index in [0.717, 1.165) is 11.1 Å². The maximum atomic E-state index is 11.5. The second-order valence-electron chi connectivity index (χ2n) is 6.54. The molecule has 1 fully saturated rings. The first-order valence-electron chi connectivity index (χ1n) is 8.54. The summed E-state index contributed by atoms with van der Waals surface area (Å²) in [6.45, 7) is 1.35. The van der Waals surface area contributed by atoms with Crippen LogP contribution in [-0.4, -0.2) is 26.2 Å². The molecule has 3 rings (SSSR count). The number of hydrogen-bond donors (Lipinski definition) is 0. The Labute approximate surface area is 151 Å². The Kier molecular flexibility index (Phi) is 6.37. The first-order valence-corrected chi connectivity index (χ1v) is 9.62. The van der Waals surface area contributed by atoms with Gasteiger partial charge in [0.15, 0.2) is 0 Å². The van der Waals surface area contributed by atoms with Gasteiger partial charge in [-0.25, -0.2) is 0 Å². The normalized spacial score (nSPS) is 17.8. The Bertz CT molecular complexity index is 671. The summed E-state index contributed by atoms with van der Waals surface area (Å²) in [6, 6.07) is 19.8. The van der Waals surface area contributed by atoms with Crippen LogP contribution in [0.4, 0.5) is 0 Å². The van der Waals surface area contributed by atoms with Crippen LogP contribution in [0.2, 0.25) is 0 Å². The molecule has 4 nitrogen and oxygen atoms in total. The number of hydrogen-bond acceptors (Lipinski definition) is 4. The van der Waals surface area contributed by atoms with Gasteiger partial charge in [-0.2, -0.15) is 0 Å². The maximum absolute atomic E-state index is 11.5. The van der Waals surface area contributed by atoms with E-state index in [1.54, 1.807) is 0 Å². The van der Waals surface area contributed by atoms with Crippen molar-refractivity contribution in [3.8, 4) is 0 Å². The molecule has 1 aliphatic rings. The zero-order valence-electron chi connectivity index (χ0n) is 14.1. The zero-order valence-corrected chi connectivity index (χ0v) is 15.0.